The third kappa shape index (κ3) is 4.00. The van der Waals surface area contributed by atoms with Gasteiger partial charge in [0, 0.05) is 10.0 Å². The second kappa shape index (κ2) is 6.04. The number of halogens is 1. The molecule has 0 fully saturated rings. The number of amides is 1. The molecule has 5 heteroatoms. The fourth-order valence-electron chi connectivity index (χ4n) is 0.921. The van der Waals surface area contributed by atoms with Crippen LogP contribution in [0.3, 0.4) is 0 Å². The molecule has 1 N–H and O–H groups in total. The van der Waals surface area contributed by atoms with E-state index >= 15 is 0 Å². The Morgan fingerprint density at radius 1 is 1.53 bits per heavy atom. The molecule has 0 bridgehead atoms. The van der Waals surface area contributed by atoms with Crippen molar-refractivity contribution in [1.29, 1.82) is 5.26 Å². The summed E-state index contributed by atoms with van der Waals surface area (Å²) in [7, 11) is 0. The molecule has 4 nitrogen and oxygen atoms in total. The molecule has 1 aromatic carbocycles. The number of benzene rings is 1. The summed E-state index contributed by atoms with van der Waals surface area (Å²) in [5.41, 5.74) is 0.879. The molecule has 0 aliphatic heterocycles. The largest absolute Gasteiger partial charge is 0.445 e. The molecular formula is C10H9BrN2O2. The summed E-state index contributed by atoms with van der Waals surface area (Å²) in [6.45, 7) is 0.132. The van der Waals surface area contributed by atoms with Crippen LogP contribution < -0.4 is 5.32 Å². The fraction of sp³-hybridized carbons (Fsp3) is 0.200. The first-order valence-corrected chi connectivity index (χ1v) is 5.04. The minimum atomic E-state index is -0.590. The smallest absolute Gasteiger partial charge is 0.408 e. The number of carbonyl (C=O) groups is 1. The molecule has 1 amide bonds. The molecule has 78 valence electrons. The zero-order valence-corrected chi connectivity index (χ0v) is 9.45. The Bertz CT molecular complexity index is 387. The Balaban J connectivity index is 2.41. The summed E-state index contributed by atoms with van der Waals surface area (Å²) in [5.74, 6) is 0. The van der Waals surface area contributed by atoms with Crippen LogP contribution in [0.1, 0.15) is 5.56 Å². The van der Waals surface area contributed by atoms with Crippen LogP contribution in [0.25, 0.3) is 0 Å². The zero-order valence-electron chi connectivity index (χ0n) is 7.87. The highest BCUT2D eigenvalue weighted by Crippen LogP contribution is 2.16. The summed E-state index contributed by atoms with van der Waals surface area (Å²) in [4.78, 5) is 11.0. The third-order valence-corrected chi connectivity index (χ3v) is 2.40. The van der Waals surface area contributed by atoms with E-state index in [0.29, 0.717) is 0 Å². The Hall–Kier alpha value is -1.54. The molecule has 0 aromatic heterocycles. The molecule has 15 heavy (non-hydrogen) atoms. The Labute approximate surface area is 96.0 Å². The van der Waals surface area contributed by atoms with Crippen LogP contribution >= 0.6 is 15.9 Å². The number of hydrogen-bond donors (Lipinski definition) is 1. The lowest BCUT2D eigenvalue weighted by Crippen LogP contribution is -2.24. The number of nitrogens with one attached hydrogen (secondary N) is 1. The van der Waals surface area contributed by atoms with E-state index in [1.165, 1.54) is 0 Å². The van der Waals surface area contributed by atoms with Gasteiger partial charge in [0.25, 0.3) is 0 Å². The summed E-state index contributed by atoms with van der Waals surface area (Å²) in [5, 5.41) is 10.5. The number of hydrogen-bond acceptors (Lipinski definition) is 3. The molecular weight excluding hydrogens is 260 g/mol. The van der Waals surface area contributed by atoms with Gasteiger partial charge in [0.05, 0.1) is 6.07 Å². The highest BCUT2D eigenvalue weighted by Gasteiger charge is 2.03. The van der Waals surface area contributed by atoms with Gasteiger partial charge in [-0.05, 0) is 6.07 Å². The molecule has 1 aromatic rings. The number of ether oxygens (including phenoxy) is 1. The maximum Gasteiger partial charge on any atom is 0.408 e. The summed E-state index contributed by atoms with van der Waals surface area (Å²) >= 11 is 3.33. The zero-order chi connectivity index (χ0) is 11.1. The lowest BCUT2D eigenvalue weighted by atomic mass is 10.2. The quantitative estimate of drug-likeness (QED) is 0.855. The number of alkyl carbamates (subject to hydrolysis) is 1. The molecule has 0 saturated carbocycles. The van der Waals surface area contributed by atoms with Gasteiger partial charge in [-0.15, -0.1) is 0 Å². The summed E-state index contributed by atoms with van der Waals surface area (Å²) in [6, 6.07) is 9.24. The second-order valence-electron chi connectivity index (χ2n) is 2.68. The van der Waals surface area contributed by atoms with Gasteiger partial charge in [0.15, 0.2) is 0 Å². The van der Waals surface area contributed by atoms with E-state index in [1.807, 2.05) is 24.3 Å². The molecule has 0 saturated heterocycles. The molecule has 0 radical (unpaired) electrons. The van der Waals surface area contributed by atoms with E-state index < -0.39 is 6.09 Å². The SMILES string of the molecule is N#CCNC(=O)OCc1ccccc1Br. The van der Waals surface area contributed by atoms with Crippen molar-refractivity contribution in [2.24, 2.45) is 0 Å². The number of nitriles is 1. The lowest BCUT2D eigenvalue weighted by molar-refractivity contribution is 0.140. The van der Waals surface area contributed by atoms with E-state index in [1.54, 1.807) is 6.07 Å². The first-order valence-electron chi connectivity index (χ1n) is 4.25. The van der Waals surface area contributed by atoms with Crippen molar-refractivity contribution < 1.29 is 9.53 Å². The predicted molar refractivity (Wildman–Crippen MR) is 57.9 cm³/mol. The van der Waals surface area contributed by atoms with Crippen molar-refractivity contribution in [1.82, 2.24) is 5.32 Å². The van der Waals surface area contributed by atoms with Crippen LogP contribution in [0.15, 0.2) is 28.7 Å². The Morgan fingerprint density at radius 2 is 2.27 bits per heavy atom. The van der Waals surface area contributed by atoms with Gasteiger partial charge in [-0.25, -0.2) is 4.79 Å². The van der Waals surface area contributed by atoms with Gasteiger partial charge < -0.3 is 10.1 Å². The van der Waals surface area contributed by atoms with Crippen LogP contribution in [-0.2, 0) is 11.3 Å². The first kappa shape index (κ1) is 11.5. The first-order chi connectivity index (χ1) is 7.24. The van der Waals surface area contributed by atoms with Crippen molar-refractivity contribution in [2.75, 3.05) is 6.54 Å². The van der Waals surface area contributed by atoms with E-state index in [4.69, 9.17) is 10.00 Å². The number of carbonyl (C=O) groups excluding carboxylic acids is 1. The molecule has 0 spiro atoms. The minimum absolute atomic E-state index is 0.0468. The maximum atomic E-state index is 11.0. The summed E-state index contributed by atoms with van der Waals surface area (Å²) in [6.07, 6.45) is -0.590. The van der Waals surface area contributed by atoms with E-state index in [-0.39, 0.29) is 13.2 Å². The van der Waals surface area contributed by atoms with Gasteiger partial charge in [-0.2, -0.15) is 5.26 Å². The molecule has 0 unspecified atom stereocenters. The highest BCUT2D eigenvalue weighted by molar-refractivity contribution is 9.10. The predicted octanol–water partition coefficient (Wildman–Crippen LogP) is 2.20. The monoisotopic (exact) mass is 268 g/mol. The molecule has 0 atom stereocenters. The number of nitrogens with zero attached hydrogens (tertiary/aromatic N) is 1. The number of rotatable bonds is 3. The van der Waals surface area contributed by atoms with E-state index in [2.05, 4.69) is 21.2 Å². The summed E-state index contributed by atoms with van der Waals surface area (Å²) < 4.78 is 5.77. The van der Waals surface area contributed by atoms with Crippen molar-refractivity contribution in [3.05, 3.63) is 34.3 Å². The normalized spacial score (nSPS) is 9.07. The molecule has 0 aliphatic rings. The van der Waals surface area contributed by atoms with Gasteiger partial charge >= 0.3 is 6.09 Å². The van der Waals surface area contributed by atoms with Crippen LogP contribution in [0, 0.1) is 11.3 Å². The standard InChI is InChI=1S/C10H9BrN2O2/c11-9-4-2-1-3-8(9)7-15-10(14)13-6-5-12/h1-4H,6-7H2,(H,13,14). The average molecular weight is 269 g/mol. The molecule has 0 aliphatic carbocycles. The van der Waals surface area contributed by atoms with Crippen molar-refractivity contribution >= 4 is 22.0 Å². The van der Waals surface area contributed by atoms with Crippen molar-refractivity contribution in [3.8, 4) is 6.07 Å². The Morgan fingerprint density at radius 3 is 2.93 bits per heavy atom. The average Bonchev–Trinajstić information content (AvgIpc) is 2.25. The van der Waals surface area contributed by atoms with E-state index in [9.17, 15) is 4.79 Å². The van der Waals surface area contributed by atoms with E-state index in [0.717, 1.165) is 10.0 Å². The fourth-order valence-corrected chi connectivity index (χ4v) is 1.32. The van der Waals surface area contributed by atoms with Gasteiger partial charge in [0.2, 0.25) is 0 Å². The molecule has 0 heterocycles. The molecule has 1 rings (SSSR count). The van der Waals surface area contributed by atoms with Crippen molar-refractivity contribution in [3.63, 3.8) is 0 Å². The van der Waals surface area contributed by atoms with Crippen LogP contribution in [0.2, 0.25) is 0 Å². The van der Waals surface area contributed by atoms with Gasteiger partial charge in [0.1, 0.15) is 13.2 Å². The highest BCUT2D eigenvalue weighted by atomic mass is 79.9. The van der Waals surface area contributed by atoms with Crippen LogP contribution in [0.5, 0.6) is 0 Å². The van der Waals surface area contributed by atoms with Gasteiger partial charge in [-0.3, -0.25) is 0 Å². The third-order valence-electron chi connectivity index (χ3n) is 1.63. The lowest BCUT2D eigenvalue weighted by Gasteiger charge is -2.05. The van der Waals surface area contributed by atoms with Crippen LogP contribution in [0.4, 0.5) is 4.79 Å². The minimum Gasteiger partial charge on any atom is -0.445 e. The second-order valence-corrected chi connectivity index (χ2v) is 3.53. The topological polar surface area (TPSA) is 62.1 Å². The van der Waals surface area contributed by atoms with Crippen molar-refractivity contribution in [2.45, 2.75) is 6.61 Å². The Kier molecular flexibility index (Phi) is 4.64. The van der Waals surface area contributed by atoms with Crippen LogP contribution in [-0.4, -0.2) is 12.6 Å². The maximum absolute atomic E-state index is 11.0. The van der Waals surface area contributed by atoms with Gasteiger partial charge in [-0.1, -0.05) is 34.1 Å².